The van der Waals surface area contributed by atoms with Crippen molar-refractivity contribution in [2.24, 2.45) is 5.73 Å². The molecule has 92 valence electrons. The highest BCUT2D eigenvalue weighted by Gasteiger charge is 2.17. The van der Waals surface area contributed by atoms with Gasteiger partial charge in [-0.05, 0) is 12.5 Å². The van der Waals surface area contributed by atoms with Gasteiger partial charge in [-0.25, -0.2) is 0 Å². The van der Waals surface area contributed by atoms with Gasteiger partial charge in [-0.1, -0.05) is 25.4 Å². The van der Waals surface area contributed by atoms with E-state index in [4.69, 9.17) is 14.7 Å². The Morgan fingerprint density at radius 1 is 1.41 bits per heavy atom. The van der Waals surface area contributed by atoms with Crippen LogP contribution < -0.4 is 5.73 Å². The van der Waals surface area contributed by atoms with Crippen LogP contribution in [0.15, 0.2) is 21.3 Å². The molecule has 0 aliphatic rings. The van der Waals surface area contributed by atoms with Crippen LogP contribution in [0.4, 0.5) is 0 Å². The highest BCUT2D eigenvalue weighted by Crippen LogP contribution is 2.25. The number of nitrogens with two attached hydrogens (primary N) is 1. The maximum Gasteiger partial charge on any atom is 0.261 e. The molecule has 0 bridgehead atoms. The van der Waals surface area contributed by atoms with Crippen LogP contribution in [0.1, 0.15) is 44.3 Å². The van der Waals surface area contributed by atoms with Crippen LogP contribution in [0.2, 0.25) is 0 Å². The second kappa shape index (κ2) is 5.14. The summed E-state index contributed by atoms with van der Waals surface area (Å²) >= 11 is 0. The van der Waals surface area contributed by atoms with Crippen molar-refractivity contribution in [3.8, 4) is 11.5 Å². The van der Waals surface area contributed by atoms with Gasteiger partial charge in [-0.15, -0.1) is 0 Å². The molecule has 0 saturated carbocycles. The lowest BCUT2D eigenvalue weighted by Gasteiger charge is -2.02. The smallest absolute Gasteiger partial charge is 0.261 e. The summed E-state index contributed by atoms with van der Waals surface area (Å²) in [5.74, 6) is 1.89. The van der Waals surface area contributed by atoms with E-state index < -0.39 is 0 Å². The van der Waals surface area contributed by atoms with Crippen LogP contribution in [-0.4, -0.2) is 10.1 Å². The standard InChI is InChI=1S/C12H17N3O2/c1-3-5-9(13)11-14-12(17-15-11)8-6-7-16-10(8)4-2/h6-7,9H,3-5,13H2,1-2H3. The minimum absolute atomic E-state index is 0.158. The van der Waals surface area contributed by atoms with Crippen molar-refractivity contribution in [2.75, 3.05) is 0 Å². The van der Waals surface area contributed by atoms with Crippen molar-refractivity contribution in [1.29, 1.82) is 0 Å². The zero-order valence-electron chi connectivity index (χ0n) is 10.1. The number of aromatic nitrogens is 2. The molecule has 2 heterocycles. The Hall–Kier alpha value is -1.62. The Balaban J connectivity index is 2.23. The molecule has 2 aromatic heterocycles. The SMILES string of the molecule is CCCC(N)c1noc(-c2ccoc2CC)n1. The van der Waals surface area contributed by atoms with Crippen LogP contribution in [0.3, 0.4) is 0 Å². The van der Waals surface area contributed by atoms with E-state index >= 15 is 0 Å². The van der Waals surface area contributed by atoms with Crippen molar-refractivity contribution in [2.45, 2.75) is 39.2 Å². The average Bonchev–Trinajstić information content (AvgIpc) is 2.97. The van der Waals surface area contributed by atoms with E-state index in [0.29, 0.717) is 11.7 Å². The topological polar surface area (TPSA) is 78.1 Å². The number of rotatable bonds is 5. The number of hydrogen-bond donors (Lipinski definition) is 1. The van der Waals surface area contributed by atoms with Gasteiger partial charge in [0.25, 0.3) is 5.89 Å². The molecule has 0 aliphatic carbocycles. The van der Waals surface area contributed by atoms with E-state index in [2.05, 4.69) is 17.1 Å². The number of aryl methyl sites for hydroxylation is 1. The predicted octanol–water partition coefficient (Wildman–Crippen LogP) is 2.69. The molecule has 2 rings (SSSR count). The lowest BCUT2D eigenvalue weighted by atomic mass is 10.2. The highest BCUT2D eigenvalue weighted by atomic mass is 16.5. The lowest BCUT2D eigenvalue weighted by Crippen LogP contribution is -2.11. The molecule has 0 spiro atoms. The van der Waals surface area contributed by atoms with Crippen LogP contribution in [-0.2, 0) is 6.42 Å². The summed E-state index contributed by atoms with van der Waals surface area (Å²) in [5, 5.41) is 3.91. The molecule has 1 atom stereocenters. The first kappa shape index (κ1) is 11.9. The largest absolute Gasteiger partial charge is 0.469 e. The van der Waals surface area contributed by atoms with Crippen LogP contribution >= 0.6 is 0 Å². The molecule has 0 aromatic carbocycles. The fourth-order valence-corrected chi connectivity index (χ4v) is 1.74. The van der Waals surface area contributed by atoms with Gasteiger partial charge in [0.15, 0.2) is 5.82 Å². The quantitative estimate of drug-likeness (QED) is 0.862. The van der Waals surface area contributed by atoms with Gasteiger partial charge >= 0.3 is 0 Å². The number of hydrogen-bond acceptors (Lipinski definition) is 5. The van der Waals surface area contributed by atoms with Gasteiger partial charge in [0.1, 0.15) is 5.76 Å². The summed E-state index contributed by atoms with van der Waals surface area (Å²) in [6, 6.07) is 1.68. The van der Waals surface area contributed by atoms with Gasteiger partial charge in [-0.3, -0.25) is 0 Å². The monoisotopic (exact) mass is 235 g/mol. The van der Waals surface area contributed by atoms with Gasteiger partial charge in [0, 0.05) is 6.42 Å². The van der Waals surface area contributed by atoms with E-state index in [1.807, 2.05) is 13.0 Å². The van der Waals surface area contributed by atoms with Crippen molar-refractivity contribution in [3.63, 3.8) is 0 Å². The molecule has 2 N–H and O–H groups in total. The fourth-order valence-electron chi connectivity index (χ4n) is 1.74. The predicted molar refractivity (Wildman–Crippen MR) is 63.2 cm³/mol. The zero-order chi connectivity index (χ0) is 12.3. The van der Waals surface area contributed by atoms with Gasteiger partial charge in [0.05, 0.1) is 17.9 Å². The summed E-state index contributed by atoms with van der Waals surface area (Å²) in [6.07, 6.45) is 4.27. The number of nitrogens with zero attached hydrogens (tertiary/aromatic N) is 2. The Kier molecular flexibility index (Phi) is 3.58. The summed E-state index contributed by atoms with van der Waals surface area (Å²) in [7, 11) is 0. The molecular formula is C12H17N3O2. The normalized spacial score (nSPS) is 12.9. The fraction of sp³-hybridized carbons (Fsp3) is 0.500. The second-order valence-electron chi connectivity index (χ2n) is 3.96. The zero-order valence-corrected chi connectivity index (χ0v) is 10.1. The third kappa shape index (κ3) is 2.39. The molecule has 1 unspecified atom stereocenters. The second-order valence-corrected chi connectivity index (χ2v) is 3.96. The van der Waals surface area contributed by atoms with E-state index in [9.17, 15) is 0 Å². The summed E-state index contributed by atoms with van der Waals surface area (Å²) < 4.78 is 10.5. The maximum absolute atomic E-state index is 5.93. The van der Waals surface area contributed by atoms with Crippen molar-refractivity contribution in [1.82, 2.24) is 10.1 Å². The highest BCUT2D eigenvalue weighted by molar-refractivity contribution is 5.55. The number of furan rings is 1. The van der Waals surface area contributed by atoms with Crippen LogP contribution in [0, 0.1) is 0 Å². The van der Waals surface area contributed by atoms with E-state index in [1.165, 1.54) is 0 Å². The van der Waals surface area contributed by atoms with E-state index in [1.54, 1.807) is 6.26 Å². The molecular weight excluding hydrogens is 218 g/mol. The molecule has 17 heavy (non-hydrogen) atoms. The molecule has 0 fully saturated rings. The molecule has 5 heteroatoms. The lowest BCUT2D eigenvalue weighted by molar-refractivity contribution is 0.412. The Morgan fingerprint density at radius 2 is 2.24 bits per heavy atom. The third-order valence-electron chi connectivity index (χ3n) is 2.67. The molecule has 0 radical (unpaired) electrons. The van der Waals surface area contributed by atoms with Gasteiger partial charge in [-0.2, -0.15) is 4.98 Å². The van der Waals surface area contributed by atoms with Crippen LogP contribution in [0.25, 0.3) is 11.5 Å². The molecule has 5 nitrogen and oxygen atoms in total. The average molecular weight is 235 g/mol. The molecule has 0 aliphatic heterocycles. The summed E-state index contributed by atoms with van der Waals surface area (Å²) in [5.41, 5.74) is 6.79. The molecule has 0 amide bonds. The minimum Gasteiger partial charge on any atom is -0.469 e. The summed E-state index contributed by atoms with van der Waals surface area (Å²) in [6.45, 7) is 4.09. The van der Waals surface area contributed by atoms with Crippen molar-refractivity contribution in [3.05, 3.63) is 23.9 Å². The third-order valence-corrected chi connectivity index (χ3v) is 2.67. The first-order chi connectivity index (χ1) is 8.26. The van der Waals surface area contributed by atoms with E-state index in [-0.39, 0.29) is 6.04 Å². The first-order valence-corrected chi connectivity index (χ1v) is 5.92. The van der Waals surface area contributed by atoms with Crippen molar-refractivity contribution >= 4 is 0 Å². The van der Waals surface area contributed by atoms with Gasteiger partial charge < -0.3 is 14.7 Å². The Labute approximate surface area is 100.0 Å². The first-order valence-electron chi connectivity index (χ1n) is 5.92. The minimum atomic E-state index is -0.158. The van der Waals surface area contributed by atoms with Crippen LogP contribution in [0.5, 0.6) is 0 Å². The Morgan fingerprint density at radius 3 is 2.94 bits per heavy atom. The molecule has 0 saturated heterocycles. The van der Waals surface area contributed by atoms with E-state index in [0.717, 1.165) is 30.6 Å². The summed E-state index contributed by atoms with van der Waals surface area (Å²) in [4.78, 5) is 4.32. The Bertz CT molecular complexity index is 476. The van der Waals surface area contributed by atoms with Gasteiger partial charge in [0.2, 0.25) is 0 Å². The maximum atomic E-state index is 5.93. The van der Waals surface area contributed by atoms with Crippen molar-refractivity contribution < 1.29 is 8.94 Å². The molecule has 2 aromatic rings.